The minimum atomic E-state index is -0.229. The van der Waals surface area contributed by atoms with Crippen molar-refractivity contribution in [2.75, 3.05) is 13.1 Å². The fraction of sp³-hybridized carbons (Fsp3) is 0.278. The Bertz CT molecular complexity index is 673. The van der Waals surface area contributed by atoms with E-state index in [1.54, 1.807) is 30.5 Å². The molecule has 1 N–H and O–H groups in total. The molecule has 3 rings (SSSR count). The van der Waals surface area contributed by atoms with Crippen LogP contribution in [-0.4, -0.2) is 34.8 Å². The summed E-state index contributed by atoms with van der Waals surface area (Å²) in [6.07, 6.45) is 3.61. The van der Waals surface area contributed by atoms with E-state index < -0.39 is 0 Å². The maximum atomic E-state index is 12.4. The molecule has 2 aromatic rings. The molecule has 5 nitrogen and oxygen atoms in total. The molecule has 1 atom stereocenters. The Labute approximate surface area is 135 Å². The molecule has 118 valence electrons. The van der Waals surface area contributed by atoms with Crippen LogP contribution in [0.4, 0.5) is 0 Å². The Hall–Kier alpha value is -2.69. The zero-order valence-electron chi connectivity index (χ0n) is 12.8. The van der Waals surface area contributed by atoms with Crippen molar-refractivity contribution in [2.24, 2.45) is 0 Å². The standard InChI is InChI=1S/C18H19N3O2/c22-17(13-20-18(23)14-7-2-1-3-8-14)21-12-6-10-16(21)15-9-4-5-11-19-15/h1-5,7-9,11,16H,6,10,12-13H2,(H,20,23)/t16-/m0/s1. The third-order valence-corrected chi connectivity index (χ3v) is 4.04. The Kier molecular flexibility index (Phi) is 4.66. The van der Waals surface area contributed by atoms with Gasteiger partial charge in [0.1, 0.15) is 0 Å². The molecule has 0 bridgehead atoms. The second-order valence-corrected chi connectivity index (χ2v) is 5.55. The minimum absolute atomic E-state index is 0.0110. The first-order valence-corrected chi connectivity index (χ1v) is 7.79. The number of nitrogens with zero attached hydrogens (tertiary/aromatic N) is 2. The van der Waals surface area contributed by atoms with Crippen molar-refractivity contribution in [1.82, 2.24) is 15.2 Å². The molecular weight excluding hydrogens is 290 g/mol. The van der Waals surface area contributed by atoms with E-state index in [2.05, 4.69) is 10.3 Å². The van der Waals surface area contributed by atoms with Crippen LogP contribution < -0.4 is 5.32 Å². The fourth-order valence-corrected chi connectivity index (χ4v) is 2.89. The quantitative estimate of drug-likeness (QED) is 0.941. The summed E-state index contributed by atoms with van der Waals surface area (Å²) in [5, 5.41) is 2.70. The molecule has 0 saturated carbocycles. The van der Waals surface area contributed by atoms with Gasteiger partial charge < -0.3 is 10.2 Å². The summed E-state index contributed by atoms with van der Waals surface area (Å²) in [4.78, 5) is 30.6. The second-order valence-electron chi connectivity index (χ2n) is 5.55. The number of hydrogen-bond acceptors (Lipinski definition) is 3. The van der Waals surface area contributed by atoms with Gasteiger partial charge in [-0.1, -0.05) is 24.3 Å². The summed E-state index contributed by atoms with van der Waals surface area (Å²) in [6, 6.07) is 14.7. The highest BCUT2D eigenvalue weighted by Crippen LogP contribution is 2.30. The number of nitrogens with one attached hydrogen (secondary N) is 1. The summed E-state index contributed by atoms with van der Waals surface area (Å²) >= 11 is 0. The van der Waals surface area contributed by atoms with Crippen LogP contribution in [0.3, 0.4) is 0 Å². The highest BCUT2D eigenvalue weighted by Gasteiger charge is 2.30. The van der Waals surface area contributed by atoms with Crippen LogP contribution >= 0.6 is 0 Å². The molecule has 0 spiro atoms. The SMILES string of the molecule is O=C(NCC(=O)N1CCC[C@H]1c1ccccn1)c1ccccc1. The molecule has 1 aromatic carbocycles. The third kappa shape index (κ3) is 3.56. The smallest absolute Gasteiger partial charge is 0.251 e. The van der Waals surface area contributed by atoms with Crippen LogP contribution in [-0.2, 0) is 4.79 Å². The molecule has 1 saturated heterocycles. The van der Waals surface area contributed by atoms with Crippen LogP contribution in [0.1, 0.15) is 34.9 Å². The van der Waals surface area contributed by atoms with E-state index in [9.17, 15) is 9.59 Å². The van der Waals surface area contributed by atoms with E-state index >= 15 is 0 Å². The summed E-state index contributed by atoms with van der Waals surface area (Å²) in [6.45, 7) is 0.721. The van der Waals surface area contributed by atoms with E-state index in [0.717, 1.165) is 18.5 Å². The van der Waals surface area contributed by atoms with Crippen LogP contribution in [0.2, 0.25) is 0 Å². The maximum absolute atomic E-state index is 12.4. The molecular formula is C18H19N3O2. The highest BCUT2D eigenvalue weighted by atomic mass is 16.2. The van der Waals surface area contributed by atoms with Gasteiger partial charge in [0.05, 0.1) is 18.3 Å². The summed E-state index contributed by atoms with van der Waals surface area (Å²) in [5.41, 5.74) is 1.47. The number of benzene rings is 1. The highest BCUT2D eigenvalue weighted by molar-refractivity contribution is 5.96. The van der Waals surface area contributed by atoms with Gasteiger partial charge in [0, 0.05) is 18.3 Å². The molecule has 23 heavy (non-hydrogen) atoms. The van der Waals surface area contributed by atoms with Crippen molar-refractivity contribution >= 4 is 11.8 Å². The largest absolute Gasteiger partial charge is 0.343 e. The number of hydrogen-bond donors (Lipinski definition) is 1. The number of pyridine rings is 1. The molecule has 2 heterocycles. The van der Waals surface area contributed by atoms with Gasteiger partial charge in [-0.2, -0.15) is 0 Å². The lowest BCUT2D eigenvalue weighted by atomic mass is 10.1. The molecule has 1 aliphatic rings. The van der Waals surface area contributed by atoms with E-state index in [4.69, 9.17) is 0 Å². The van der Waals surface area contributed by atoms with Gasteiger partial charge in [0.15, 0.2) is 0 Å². The molecule has 0 radical (unpaired) electrons. The molecule has 1 aromatic heterocycles. The Morgan fingerprint density at radius 3 is 2.65 bits per heavy atom. The number of rotatable bonds is 4. The monoisotopic (exact) mass is 309 g/mol. The van der Waals surface area contributed by atoms with Crippen molar-refractivity contribution in [3.63, 3.8) is 0 Å². The van der Waals surface area contributed by atoms with Gasteiger partial charge in [-0.05, 0) is 37.1 Å². The average Bonchev–Trinajstić information content (AvgIpc) is 3.11. The van der Waals surface area contributed by atoms with Crippen molar-refractivity contribution in [1.29, 1.82) is 0 Å². The van der Waals surface area contributed by atoms with Gasteiger partial charge in [-0.25, -0.2) is 0 Å². The van der Waals surface area contributed by atoms with E-state index in [1.807, 2.05) is 29.2 Å². The predicted octanol–water partition coefficient (Wildman–Crippen LogP) is 2.18. The molecule has 1 aliphatic heterocycles. The molecule has 2 amide bonds. The maximum Gasteiger partial charge on any atom is 0.251 e. The van der Waals surface area contributed by atoms with Gasteiger partial charge >= 0.3 is 0 Å². The van der Waals surface area contributed by atoms with Crippen molar-refractivity contribution in [3.05, 3.63) is 66.0 Å². The lowest BCUT2D eigenvalue weighted by Gasteiger charge is -2.24. The fourth-order valence-electron chi connectivity index (χ4n) is 2.89. The lowest BCUT2D eigenvalue weighted by molar-refractivity contribution is -0.131. The normalized spacial score (nSPS) is 17.0. The van der Waals surface area contributed by atoms with E-state index in [0.29, 0.717) is 12.1 Å². The van der Waals surface area contributed by atoms with Crippen LogP contribution in [0.5, 0.6) is 0 Å². The first-order chi connectivity index (χ1) is 11.3. The lowest BCUT2D eigenvalue weighted by Crippen LogP contribution is -2.40. The van der Waals surface area contributed by atoms with Crippen molar-refractivity contribution < 1.29 is 9.59 Å². The Balaban J connectivity index is 1.60. The first kappa shape index (κ1) is 15.2. The third-order valence-electron chi connectivity index (χ3n) is 4.04. The minimum Gasteiger partial charge on any atom is -0.343 e. The zero-order valence-corrected chi connectivity index (χ0v) is 12.8. The van der Waals surface area contributed by atoms with E-state index in [1.165, 1.54) is 0 Å². The van der Waals surface area contributed by atoms with Crippen molar-refractivity contribution in [2.45, 2.75) is 18.9 Å². The van der Waals surface area contributed by atoms with Gasteiger partial charge in [0.25, 0.3) is 5.91 Å². The summed E-state index contributed by atoms with van der Waals surface area (Å²) < 4.78 is 0. The van der Waals surface area contributed by atoms with Gasteiger partial charge in [-0.15, -0.1) is 0 Å². The number of carbonyl (C=O) groups is 2. The predicted molar refractivity (Wildman–Crippen MR) is 86.7 cm³/mol. The second kappa shape index (κ2) is 7.05. The van der Waals surface area contributed by atoms with Crippen LogP contribution in [0.25, 0.3) is 0 Å². The number of carbonyl (C=O) groups excluding carboxylic acids is 2. The summed E-state index contributed by atoms with van der Waals surface area (Å²) in [5.74, 6) is -0.296. The number of likely N-dealkylation sites (tertiary alicyclic amines) is 1. The van der Waals surface area contributed by atoms with Crippen LogP contribution in [0.15, 0.2) is 54.7 Å². The molecule has 0 unspecified atom stereocenters. The zero-order chi connectivity index (χ0) is 16.1. The van der Waals surface area contributed by atoms with Gasteiger partial charge in [0.2, 0.25) is 5.91 Å². The Morgan fingerprint density at radius 2 is 1.91 bits per heavy atom. The van der Waals surface area contributed by atoms with Crippen LogP contribution in [0, 0.1) is 0 Å². The topological polar surface area (TPSA) is 62.3 Å². The van der Waals surface area contributed by atoms with Gasteiger partial charge in [-0.3, -0.25) is 14.6 Å². The first-order valence-electron chi connectivity index (χ1n) is 7.79. The van der Waals surface area contributed by atoms with E-state index in [-0.39, 0.29) is 24.4 Å². The van der Waals surface area contributed by atoms with Crippen molar-refractivity contribution in [3.8, 4) is 0 Å². The number of aromatic nitrogens is 1. The molecule has 0 aliphatic carbocycles. The number of amides is 2. The molecule has 1 fully saturated rings. The summed E-state index contributed by atoms with van der Waals surface area (Å²) in [7, 11) is 0. The Morgan fingerprint density at radius 1 is 1.13 bits per heavy atom. The average molecular weight is 309 g/mol. The molecule has 5 heteroatoms.